The van der Waals surface area contributed by atoms with E-state index in [2.05, 4.69) is 4.98 Å². The predicted molar refractivity (Wildman–Crippen MR) is 99.3 cm³/mol. The highest BCUT2D eigenvalue weighted by atomic mass is 19.1. The molecule has 1 amide bonds. The van der Waals surface area contributed by atoms with Gasteiger partial charge in [0, 0.05) is 36.3 Å². The molecule has 4 rings (SSSR count). The van der Waals surface area contributed by atoms with Gasteiger partial charge in [-0.1, -0.05) is 6.07 Å². The van der Waals surface area contributed by atoms with Gasteiger partial charge in [0.15, 0.2) is 5.82 Å². The topological polar surface area (TPSA) is 61.9 Å². The summed E-state index contributed by atoms with van der Waals surface area (Å²) in [6, 6.07) is 10.3. The highest BCUT2D eigenvalue weighted by Crippen LogP contribution is 2.33. The van der Waals surface area contributed by atoms with Crippen molar-refractivity contribution >= 4 is 5.91 Å². The van der Waals surface area contributed by atoms with Crippen molar-refractivity contribution in [3.63, 3.8) is 0 Å². The number of nitriles is 1. The number of imidazole rings is 1. The number of benzene rings is 2. The number of nitrogens with zero attached hydrogens (tertiary/aromatic N) is 4. The van der Waals surface area contributed by atoms with Crippen molar-refractivity contribution in [2.24, 2.45) is 0 Å². The fourth-order valence-electron chi connectivity index (χ4n) is 3.54. The minimum Gasteiger partial charge on any atom is -0.334 e. The fraction of sp³-hybridized carbons (Fsp3) is 0.190. The van der Waals surface area contributed by atoms with Gasteiger partial charge < -0.3 is 9.47 Å². The zero-order valence-electron chi connectivity index (χ0n) is 15.1. The van der Waals surface area contributed by atoms with Gasteiger partial charge in [-0.3, -0.25) is 4.79 Å². The van der Waals surface area contributed by atoms with Crippen molar-refractivity contribution in [2.45, 2.75) is 13.5 Å². The molecule has 5 nitrogen and oxygen atoms in total. The van der Waals surface area contributed by atoms with E-state index in [1.807, 2.05) is 13.0 Å². The van der Waals surface area contributed by atoms with Crippen molar-refractivity contribution in [3.8, 4) is 28.5 Å². The van der Waals surface area contributed by atoms with Gasteiger partial charge in [-0.05, 0) is 37.3 Å². The van der Waals surface area contributed by atoms with Crippen LogP contribution in [0, 0.1) is 23.0 Å². The largest absolute Gasteiger partial charge is 0.334 e. The maximum atomic E-state index is 14.5. The summed E-state index contributed by atoms with van der Waals surface area (Å²) in [7, 11) is 0. The molecule has 1 aromatic heterocycles. The Morgan fingerprint density at radius 1 is 1.18 bits per heavy atom. The van der Waals surface area contributed by atoms with E-state index < -0.39 is 11.6 Å². The van der Waals surface area contributed by atoms with Gasteiger partial charge in [0.2, 0.25) is 0 Å². The number of carbonyl (C=O) groups excluding carboxylic acids is 1. The lowest BCUT2D eigenvalue weighted by molar-refractivity contribution is 0.0707. The summed E-state index contributed by atoms with van der Waals surface area (Å²) in [5.41, 5.74) is 1.23. The Balaban J connectivity index is 1.85. The van der Waals surface area contributed by atoms with Gasteiger partial charge >= 0.3 is 0 Å². The molecule has 0 spiro atoms. The van der Waals surface area contributed by atoms with E-state index in [-0.39, 0.29) is 22.6 Å². The lowest BCUT2D eigenvalue weighted by atomic mass is 9.96. The lowest BCUT2D eigenvalue weighted by Crippen LogP contribution is -2.40. The number of hydrogen-bond donors (Lipinski definition) is 0. The van der Waals surface area contributed by atoms with Crippen molar-refractivity contribution in [3.05, 3.63) is 65.6 Å². The molecule has 0 saturated carbocycles. The number of halogens is 2. The fourth-order valence-corrected chi connectivity index (χ4v) is 3.54. The molecule has 0 radical (unpaired) electrons. The maximum Gasteiger partial charge on any atom is 0.289 e. The summed E-state index contributed by atoms with van der Waals surface area (Å²) in [5, 5.41) is 9.29. The molecule has 0 fully saturated rings. The van der Waals surface area contributed by atoms with E-state index >= 15 is 0 Å². The van der Waals surface area contributed by atoms with E-state index in [0.29, 0.717) is 36.7 Å². The highest BCUT2D eigenvalue weighted by Gasteiger charge is 2.27. The molecule has 7 heteroatoms. The monoisotopic (exact) mass is 378 g/mol. The average Bonchev–Trinajstić information content (AvgIpc) is 3.14. The van der Waals surface area contributed by atoms with Crippen LogP contribution in [-0.4, -0.2) is 33.4 Å². The summed E-state index contributed by atoms with van der Waals surface area (Å²) < 4.78 is 30.7. The molecular weight excluding hydrogens is 362 g/mol. The SMILES string of the molecule is CCN1CCn2c(-c3ccc(F)c(-c4c(F)cccc4C#N)c3)cnc2C1=O. The normalized spacial score (nSPS) is 13.4. The molecule has 1 aliphatic heterocycles. The van der Waals surface area contributed by atoms with Crippen molar-refractivity contribution in [1.82, 2.24) is 14.5 Å². The number of rotatable bonds is 3. The van der Waals surface area contributed by atoms with Crippen LogP contribution in [-0.2, 0) is 6.54 Å². The molecule has 2 aromatic carbocycles. The number of carbonyl (C=O) groups is 1. The molecular formula is C21H16F2N4O. The second-order valence-electron chi connectivity index (χ2n) is 6.47. The van der Waals surface area contributed by atoms with Crippen molar-refractivity contribution < 1.29 is 13.6 Å². The number of fused-ring (bicyclic) bond motifs is 1. The summed E-state index contributed by atoms with van der Waals surface area (Å²) >= 11 is 0. The second kappa shape index (κ2) is 6.89. The third kappa shape index (κ3) is 2.74. The van der Waals surface area contributed by atoms with Gasteiger partial charge in [-0.25, -0.2) is 13.8 Å². The number of amides is 1. The van der Waals surface area contributed by atoms with Gasteiger partial charge in [-0.15, -0.1) is 0 Å². The first-order chi connectivity index (χ1) is 13.5. The number of likely N-dealkylation sites (N-methyl/N-ethyl adjacent to an activating group) is 1. The second-order valence-corrected chi connectivity index (χ2v) is 6.47. The van der Waals surface area contributed by atoms with Crippen molar-refractivity contribution in [1.29, 1.82) is 5.26 Å². The Bertz CT molecular complexity index is 1130. The molecule has 0 atom stereocenters. The quantitative estimate of drug-likeness (QED) is 0.696. The molecule has 0 N–H and O–H groups in total. The summed E-state index contributed by atoms with van der Waals surface area (Å²) in [4.78, 5) is 18.4. The van der Waals surface area contributed by atoms with E-state index in [1.165, 1.54) is 30.3 Å². The molecule has 28 heavy (non-hydrogen) atoms. The standard InChI is InChI=1S/C21H16F2N4O/c1-2-26-8-9-27-18(12-25-20(27)21(26)28)13-6-7-16(22)15(10-13)19-14(11-24)4-3-5-17(19)23/h3-7,10,12H,2,8-9H2,1H3. The molecule has 0 aliphatic carbocycles. The predicted octanol–water partition coefficient (Wildman–Crippen LogP) is 3.84. The van der Waals surface area contributed by atoms with Crippen LogP contribution >= 0.6 is 0 Å². The van der Waals surface area contributed by atoms with Crippen LogP contribution in [0.25, 0.3) is 22.4 Å². The van der Waals surface area contributed by atoms with Gasteiger partial charge in [0.1, 0.15) is 11.6 Å². The Labute approximate surface area is 160 Å². The average molecular weight is 378 g/mol. The van der Waals surface area contributed by atoms with E-state index in [9.17, 15) is 18.8 Å². The van der Waals surface area contributed by atoms with Crippen LogP contribution in [0.5, 0.6) is 0 Å². The Kier molecular flexibility index (Phi) is 4.40. The first-order valence-electron chi connectivity index (χ1n) is 8.88. The first-order valence-corrected chi connectivity index (χ1v) is 8.88. The minimum atomic E-state index is -0.667. The van der Waals surface area contributed by atoms with Gasteiger partial charge in [-0.2, -0.15) is 5.26 Å². The Morgan fingerprint density at radius 3 is 2.75 bits per heavy atom. The molecule has 0 unspecified atom stereocenters. The Morgan fingerprint density at radius 2 is 2.00 bits per heavy atom. The highest BCUT2D eigenvalue weighted by molar-refractivity contribution is 5.92. The van der Waals surface area contributed by atoms with E-state index in [4.69, 9.17) is 0 Å². The number of aromatic nitrogens is 2. The van der Waals surface area contributed by atoms with Gasteiger partial charge in [0.05, 0.1) is 23.5 Å². The van der Waals surface area contributed by atoms with Crippen LogP contribution in [0.3, 0.4) is 0 Å². The zero-order valence-corrected chi connectivity index (χ0v) is 15.1. The maximum absolute atomic E-state index is 14.5. The summed E-state index contributed by atoms with van der Waals surface area (Å²) in [6.45, 7) is 3.64. The third-order valence-electron chi connectivity index (χ3n) is 4.97. The van der Waals surface area contributed by atoms with Crippen LogP contribution in [0.4, 0.5) is 8.78 Å². The first kappa shape index (κ1) is 17.9. The number of hydrogen-bond acceptors (Lipinski definition) is 3. The minimum absolute atomic E-state index is 0.0000192. The van der Waals surface area contributed by atoms with Crippen LogP contribution in [0.2, 0.25) is 0 Å². The Hall–Kier alpha value is -3.53. The molecule has 140 valence electrons. The summed E-state index contributed by atoms with van der Waals surface area (Å²) in [5.74, 6) is -1.11. The van der Waals surface area contributed by atoms with E-state index in [1.54, 1.807) is 21.7 Å². The van der Waals surface area contributed by atoms with Crippen LogP contribution in [0.1, 0.15) is 23.1 Å². The molecule has 2 heterocycles. The van der Waals surface area contributed by atoms with Crippen molar-refractivity contribution in [2.75, 3.05) is 13.1 Å². The molecule has 0 saturated heterocycles. The molecule has 0 bridgehead atoms. The molecule has 1 aliphatic rings. The lowest BCUT2D eigenvalue weighted by Gasteiger charge is -2.27. The molecule has 3 aromatic rings. The smallest absolute Gasteiger partial charge is 0.289 e. The summed E-state index contributed by atoms with van der Waals surface area (Å²) in [6.07, 6.45) is 1.57. The van der Waals surface area contributed by atoms with Crippen LogP contribution < -0.4 is 0 Å². The zero-order chi connectivity index (χ0) is 19.8. The van der Waals surface area contributed by atoms with E-state index in [0.717, 1.165) is 0 Å². The van der Waals surface area contributed by atoms with Crippen LogP contribution in [0.15, 0.2) is 42.6 Å². The van der Waals surface area contributed by atoms with Gasteiger partial charge in [0.25, 0.3) is 5.91 Å². The third-order valence-corrected chi connectivity index (χ3v) is 4.97.